The summed E-state index contributed by atoms with van der Waals surface area (Å²) in [5.74, 6) is 5.75. The van der Waals surface area contributed by atoms with Gasteiger partial charge >= 0.3 is 0 Å². The van der Waals surface area contributed by atoms with E-state index in [1.165, 1.54) is 23.3 Å². The minimum Gasteiger partial charge on any atom is -0.289 e. The van der Waals surface area contributed by atoms with Crippen LogP contribution in [0, 0.1) is 5.92 Å². The molecule has 2 rings (SSSR count). The molecule has 0 unspecified atom stereocenters. The second kappa shape index (κ2) is 4.33. The van der Waals surface area contributed by atoms with Gasteiger partial charge in [-0.05, 0) is 36.8 Å². The topological polar surface area (TPSA) is 55.1 Å². The number of nitrogens with one attached hydrogen (secondary N) is 1. The van der Waals surface area contributed by atoms with E-state index in [0.717, 1.165) is 23.6 Å². The summed E-state index contributed by atoms with van der Waals surface area (Å²) < 4.78 is 0. The van der Waals surface area contributed by atoms with Crippen LogP contribution in [0.1, 0.15) is 39.9 Å². The Morgan fingerprint density at radius 2 is 2.53 bits per heavy atom. The quantitative estimate of drug-likeness (QED) is 0.458. The summed E-state index contributed by atoms with van der Waals surface area (Å²) in [6, 6.07) is 1.99. The fourth-order valence-electron chi connectivity index (χ4n) is 2.11. The molecular formula is C11H16N2OS. The molecule has 0 radical (unpaired) electrons. The predicted molar refractivity (Wildman–Crippen MR) is 61.8 cm³/mol. The van der Waals surface area contributed by atoms with Gasteiger partial charge in [-0.1, -0.05) is 13.3 Å². The molecule has 1 aliphatic carbocycles. The van der Waals surface area contributed by atoms with Crippen LogP contribution < -0.4 is 11.3 Å². The summed E-state index contributed by atoms with van der Waals surface area (Å²) in [5.41, 5.74) is 3.54. The molecule has 0 saturated heterocycles. The molecule has 3 N–H and O–H groups in total. The number of hydrazine groups is 1. The van der Waals surface area contributed by atoms with Gasteiger partial charge in [-0.2, -0.15) is 0 Å². The zero-order valence-corrected chi connectivity index (χ0v) is 9.69. The number of amides is 1. The highest BCUT2D eigenvalue weighted by molar-refractivity contribution is 7.14. The summed E-state index contributed by atoms with van der Waals surface area (Å²) in [6.07, 6.45) is 4.73. The first-order valence-corrected chi connectivity index (χ1v) is 6.18. The number of thiophene rings is 1. The van der Waals surface area contributed by atoms with Gasteiger partial charge in [0.1, 0.15) is 0 Å². The molecule has 0 aliphatic heterocycles. The standard InChI is InChI=1S/C11H16N2OS/c1-2-7-3-4-8-6-10(11(14)13-12)15-9(8)5-7/h6-7H,2-5,12H2,1H3,(H,13,14)/t7-/m0/s1. The van der Waals surface area contributed by atoms with Gasteiger partial charge in [0.25, 0.3) is 5.91 Å². The van der Waals surface area contributed by atoms with Gasteiger partial charge in [0.15, 0.2) is 0 Å². The monoisotopic (exact) mass is 224 g/mol. The maximum atomic E-state index is 11.4. The van der Waals surface area contributed by atoms with Crippen LogP contribution in [-0.2, 0) is 12.8 Å². The third-order valence-corrected chi connectivity index (χ3v) is 4.32. The number of nitrogens with two attached hydrogens (primary N) is 1. The van der Waals surface area contributed by atoms with Crippen molar-refractivity contribution in [2.75, 3.05) is 0 Å². The Hall–Kier alpha value is -0.870. The van der Waals surface area contributed by atoms with Crippen LogP contribution in [0.4, 0.5) is 0 Å². The first-order chi connectivity index (χ1) is 7.24. The molecule has 1 aromatic heterocycles. The number of carbonyl (C=O) groups is 1. The Bertz CT molecular complexity index is 373. The molecule has 1 amide bonds. The molecule has 1 heterocycles. The highest BCUT2D eigenvalue weighted by Crippen LogP contribution is 2.33. The molecule has 4 heteroatoms. The lowest BCUT2D eigenvalue weighted by Gasteiger charge is -2.19. The predicted octanol–water partition coefficient (Wildman–Crippen LogP) is 1.87. The van der Waals surface area contributed by atoms with Crippen LogP contribution in [0.2, 0.25) is 0 Å². The number of nitrogen functional groups attached to an aromatic ring is 1. The summed E-state index contributed by atoms with van der Waals surface area (Å²) in [5, 5.41) is 0. The summed E-state index contributed by atoms with van der Waals surface area (Å²) in [4.78, 5) is 13.5. The molecule has 15 heavy (non-hydrogen) atoms. The van der Waals surface area contributed by atoms with Crippen LogP contribution in [0.25, 0.3) is 0 Å². The van der Waals surface area contributed by atoms with E-state index in [1.807, 2.05) is 6.07 Å². The Morgan fingerprint density at radius 3 is 3.20 bits per heavy atom. The van der Waals surface area contributed by atoms with Crippen LogP contribution >= 0.6 is 11.3 Å². The molecule has 0 fully saturated rings. The molecular weight excluding hydrogens is 208 g/mol. The molecule has 1 aliphatic rings. The van der Waals surface area contributed by atoms with E-state index < -0.39 is 0 Å². The smallest absolute Gasteiger partial charge is 0.275 e. The molecule has 0 aromatic carbocycles. The second-order valence-electron chi connectivity index (χ2n) is 4.05. The van der Waals surface area contributed by atoms with Crippen molar-refractivity contribution in [3.63, 3.8) is 0 Å². The largest absolute Gasteiger partial charge is 0.289 e. The Morgan fingerprint density at radius 1 is 1.73 bits per heavy atom. The van der Waals surface area contributed by atoms with E-state index >= 15 is 0 Å². The van der Waals surface area contributed by atoms with E-state index in [1.54, 1.807) is 11.3 Å². The average molecular weight is 224 g/mol. The van der Waals surface area contributed by atoms with Crippen LogP contribution in [0.3, 0.4) is 0 Å². The number of aryl methyl sites for hydroxylation is 1. The third-order valence-electron chi connectivity index (χ3n) is 3.12. The van der Waals surface area contributed by atoms with Gasteiger partial charge in [0.2, 0.25) is 0 Å². The zero-order valence-electron chi connectivity index (χ0n) is 8.88. The molecule has 0 spiro atoms. The van der Waals surface area contributed by atoms with Crippen molar-refractivity contribution in [1.82, 2.24) is 5.43 Å². The Kier molecular flexibility index (Phi) is 3.07. The first kappa shape index (κ1) is 10.6. The highest BCUT2D eigenvalue weighted by atomic mass is 32.1. The number of rotatable bonds is 2. The lowest BCUT2D eigenvalue weighted by Crippen LogP contribution is -2.29. The van der Waals surface area contributed by atoms with Gasteiger partial charge in [-0.25, -0.2) is 5.84 Å². The fraction of sp³-hybridized carbons (Fsp3) is 0.545. The molecule has 1 atom stereocenters. The van der Waals surface area contributed by atoms with Gasteiger partial charge in [0.05, 0.1) is 4.88 Å². The van der Waals surface area contributed by atoms with Crippen molar-refractivity contribution in [3.8, 4) is 0 Å². The molecule has 0 bridgehead atoms. The highest BCUT2D eigenvalue weighted by Gasteiger charge is 2.21. The van der Waals surface area contributed by atoms with Crippen molar-refractivity contribution < 1.29 is 4.79 Å². The van der Waals surface area contributed by atoms with Crippen molar-refractivity contribution >= 4 is 17.2 Å². The third kappa shape index (κ3) is 2.06. The number of carbonyl (C=O) groups excluding carboxylic acids is 1. The van der Waals surface area contributed by atoms with E-state index in [9.17, 15) is 4.79 Å². The van der Waals surface area contributed by atoms with Crippen molar-refractivity contribution in [3.05, 3.63) is 21.4 Å². The molecule has 1 aromatic rings. The zero-order chi connectivity index (χ0) is 10.8. The minimum atomic E-state index is -0.164. The number of fused-ring (bicyclic) bond motifs is 1. The minimum absolute atomic E-state index is 0.164. The van der Waals surface area contributed by atoms with Crippen LogP contribution in [0.15, 0.2) is 6.07 Å². The number of hydrogen-bond acceptors (Lipinski definition) is 3. The second-order valence-corrected chi connectivity index (χ2v) is 5.19. The van der Waals surface area contributed by atoms with Gasteiger partial charge in [-0.3, -0.25) is 10.2 Å². The van der Waals surface area contributed by atoms with Crippen molar-refractivity contribution in [2.45, 2.75) is 32.6 Å². The van der Waals surface area contributed by atoms with Gasteiger partial charge in [0, 0.05) is 4.88 Å². The average Bonchev–Trinajstić information content (AvgIpc) is 2.70. The Labute approximate surface area is 93.6 Å². The van der Waals surface area contributed by atoms with Gasteiger partial charge in [-0.15, -0.1) is 11.3 Å². The lowest BCUT2D eigenvalue weighted by molar-refractivity contribution is 0.0957. The SMILES string of the molecule is CC[C@H]1CCc2cc(C(=O)NN)sc2C1. The van der Waals surface area contributed by atoms with Crippen LogP contribution in [-0.4, -0.2) is 5.91 Å². The maximum Gasteiger partial charge on any atom is 0.275 e. The Balaban J connectivity index is 2.21. The van der Waals surface area contributed by atoms with Crippen molar-refractivity contribution in [2.24, 2.45) is 11.8 Å². The van der Waals surface area contributed by atoms with E-state index in [2.05, 4.69) is 12.3 Å². The maximum absolute atomic E-state index is 11.4. The molecule has 82 valence electrons. The van der Waals surface area contributed by atoms with E-state index in [0.29, 0.717) is 0 Å². The fourth-order valence-corrected chi connectivity index (χ4v) is 3.34. The normalized spacial score (nSPS) is 19.7. The van der Waals surface area contributed by atoms with Crippen molar-refractivity contribution in [1.29, 1.82) is 0 Å². The molecule has 0 saturated carbocycles. The lowest BCUT2D eigenvalue weighted by atomic mass is 9.87. The molecule has 3 nitrogen and oxygen atoms in total. The summed E-state index contributed by atoms with van der Waals surface area (Å²) in [6.45, 7) is 2.23. The van der Waals surface area contributed by atoms with Crippen LogP contribution in [0.5, 0.6) is 0 Å². The first-order valence-electron chi connectivity index (χ1n) is 5.37. The summed E-state index contributed by atoms with van der Waals surface area (Å²) in [7, 11) is 0. The summed E-state index contributed by atoms with van der Waals surface area (Å²) >= 11 is 1.60. The number of hydrogen-bond donors (Lipinski definition) is 2. The van der Waals surface area contributed by atoms with E-state index in [-0.39, 0.29) is 5.91 Å². The van der Waals surface area contributed by atoms with E-state index in [4.69, 9.17) is 5.84 Å². The van der Waals surface area contributed by atoms with Gasteiger partial charge < -0.3 is 0 Å².